The van der Waals surface area contributed by atoms with Crippen molar-refractivity contribution < 1.29 is 4.74 Å². The lowest BCUT2D eigenvalue weighted by molar-refractivity contribution is 0.417. The Balaban J connectivity index is 1.98. The van der Waals surface area contributed by atoms with Gasteiger partial charge < -0.3 is 15.0 Å². The van der Waals surface area contributed by atoms with E-state index in [1.807, 2.05) is 28.8 Å². The molecule has 4 heteroatoms. The van der Waals surface area contributed by atoms with Crippen molar-refractivity contribution >= 4 is 5.69 Å². The summed E-state index contributed by atoms with van der Waals surface area (Å²) in [4.78, 5) is 12.1. The van der Waals surface area contributed by atoms with E-state index in [0.29, 0.717) is 18.0 Å². The molecule has 0 unspecified atom stereocenters. The molecule has 0 atom stereocenters. The van der Waals surface area contributed by atoms with E-state index in [1.54, 1.807) is 13.2 Å². The van der Waals surface area contributed by atoms with Crippen LogP contribution in [-0.2, 0) is 19.4 Å². The molecule has 1 aliphatic carbocycles. The van der Waals surface area contributed by atoms with Crippen LogP contribution in [0.5, 0.6) is 5.75 Å². The van der Waals surface area contributed by atoms with Gasteiger partial charge in [0.25, 0.3) is 5.56 Å². The standard InChI is InChI=1S/C16H18N2O2/c1-20-15-7-5-11(9-13(15)17)10-18-14-4-2-3-12(14)6-8-16(18)19/h5-9H,2-4,10,17H2,1H3. The molecular weight excluding hydrogens is 252 g/mol. The van der Waals surface area contributed by atoms with Gasteiger partial charge in [-0.2, -0.15) is 0 Å². The molecule has 0 radical (unpaired) electrons. The molecule has 1 aromatic heterocycles. The third kappa shape index (κ3) is 2.18. The minimum Gasteiger partial charge on any atom is -0.495 e. The number of nitrogen functional groups attached to an aromatic ring is 1. The summed E-state index contributed by atoms with van der Waals surface area (Å²) in [5.41, 5.74) is 10.1. The number of ether oxygens (including phenoxy) is 1. The van der Waals surface area contributed by atoms with Crippen molar-refractivity contribution in [1.82, 2.24) is 4.57 Å². The number of nitrogens with two attached hydrogens (primary N) is 1. The molecule has 1 aromatic carbocycles. The molecule has 3 rings (SSSR count). The Morgan fingerprint density at radius 3 is 2.85 bits per heavy atom. The maximum absolute atomic E-state index is 12.1. The first kappa shape index (κ1) is 12.8. The van der Waals surface area contributed by atoms with Gasteiger partial charge in [0.1, 0.15) is 5.75 Å². The highest BCUT2D eigenvalue weighted by Gasteiger charge is 2.16. The van der Waals surface area contributed by atoms with Crippen LogP contribution in [0.4, 0.5) is 5.69 Å². The summed E-state index contributed by atoms with van der Waals surface area (Å²) < 4.78 is 7.02. The second kappa shape index (κ2) is 5.04. The molecule has 0 saturated heterocycles. The summed E-state index contributed by atoms with van der Waals surface area (Å²) in [5.74, 6) is 0.666. The molecule has 0 bridgehead atoms. The van der Waals surface area contributed by atoms with Crippen molar-refractivity contribution in [2.24, 2.45) is 0 Å². The first-order chi connectivity index (χ1) is 9.69. The van der Waals surface area contributed by atoms with Crippen LogP contribution in [0.2, 0.25) is 0 Å². The Morgan fingerprint density at radius 1 is 1.25 bits per heavy atom. The number of pyridine rings is 1. The van der Waals surface area contributed by atoms with Crippen LogP contribution in [-0.4, -0.2) is 11.7 Å². The van der Waals surface area contributed by atoms with Gasteiger partial charge in [-0.05, 0) is 42.5 Å². The summed E-state index contributed by atoms with van der Waals surface area (Å²) >= 11 is 0. The number of aryl methyl sites for hydroxylation is 1. The van der Waals surface area contributed by atoms with Crippen LogP contribution in [0, 0.1) is 0 Å². The summed E-state index contributed by atoms with van der Waals surface area (Å²) in [6, 6.07) is 9.30. The van der Waals surface area contributed by atoms with Crippen molar-refractivity contribution in [1.29, 1.82) is 0 Å². The number of rotatable bonds is 3. The van der Waals surface area contributed by atoms with E-state index in [9.17, 15) is 4.79 Å². The van der Waals surface area contributed by atoms with Crippen LogP contribution in [0.1, 0.15) is 23.2 Å². The van der Waals surface area contributed by atoms with Crippen LogP contribution < -0.4 is 16.0 Å². The van der Waals surface area contributed by atoms with Gasteiger partial charge in [0.2, 0.25) is 0 Å². The molecular formula is C16H18N2O2. The van der Waals surface area contributed by atoms with E-state index in [1.165, 1.54) is 11.3 Å². The highest BCUT2D eigenvalue weighted by molar-refractivity contribution is 5.54. The molecule has 104 valence electrons. The van der Waals surface area contributed by atoms with Crippen molar-refractivity contribution in [2.45, 2.75) is 25.8 Å². The molecule has 1 aliphatic rings. The molecule has 0 amide bonds. The Morgan fingerprint density at radius 2 is 2.10 bits per heavy atom. The molecule has 0 saturated carbocycles. The van der Waals surface area contributed by atoms with Gasteiger partial charge in [-0.25, -0.2) is 0 Å². The van der Waals surface area contributed by atoms with Crippen molar-refractivity contribution in [3.63, 3.8) is 0 Å². The fourth-order valence-corrected chi connectivity index (χ4v) is 2.87. The second-order valence-electron chi connectivity index (χ2n) is 5.16. The average Bonchev–Trinajstić information content (AvgIpc) is 2.91. The quantitative estimate of drug-likeness (QED) is 0.868. The Kier molecular flexibility index (Phi) is 3.22. The van der Waals surface area contributed by atoms with Gasteiger partial charge in [0.15, 0.2) is 0 Å². The predicted octanol–water partition coefficient (Wildman–Crippen LogP) is 1.98. The van der Waals surface area contributed by atoms with Crippen molar-refractivity contribution in [2.75, 3.05) is 12.8 Å². The lowest BCUT2D eigenvalue weighted by Gasteiger charge is -2.13. The Hall–Kier alpha value is -2.23. The molecule has 20 heavy (non-hydrogen) atoms. The van der Waals surface area contributed by atoms with Crippen molar-refractivity contribution in [3.8, 4) is 5.75 Å². The SMILES string of the molecule is COc1ccc(Cn2c3c(ccc2=O)CCC3)cc1N. The van der Waals surface area contributed by atoms with Crippen LogP contribution in [0.3, 0.4) is 0 Å². The number of anilines is 1. The third-order valence-corrected chi connectivity index (χ3v) is 3.88. The van der Waals surface area contributed by atoms with Gasteiger partial charge in [-0.3, -0.25) is 4.79 Å². The van der Waals surface area contributed by atoms with Gasteiger partial charge in [0, 0.05) is 11.8 Å². The zero-order valence-electron chi connectivity index (χ0n) is 11.6. The smallest absolute Gasteiger partial charge is 0.251 e. The highest BCUT2D eigenvalue weighted by Crippen LogP contribution is 2.24. The first-order valence-corrected chi connectivity index (χ1v) is 6.83. The Bertz CT molecular complexity index is 704. The van der Waals surface area contributed by atoms with E-state index >= 15 is 0 Å². The lowest BCUT2D eigenvalue weighted by Crippen LogP contribution is -2.23. The van der Waals surface area contributed by atoms with Gasteiger partial charge in [-0.1, -0.05) is 12.1 Å². The van der Waals surface area contributed by atoms with E-state index in [4.69, 9.17) is 10.5 Å². The Labute approximate surface area is 117 Å². The highest BCUT2D eigenvalue weighted by atomic mass is 16.5. The molecule has 0 aliphatic heterocycles. The number of hydrogen-bond donors (Lipinski definition) is 1. The summed E-state index contributed by atoms with van der Waals surface area (Å²) in [6.07, 6.45) is 3.18. The van der Waals surface area contributed by atoms with Crippen LogP contribution in [0.15, 0.2) is 35.1 Å². The van der Waals surface area contributed by atoms with E-state index in [0.717, 1.165) is 24.8 Å². The first-order valence-electron chi connectivity index (χ1n) is 6.83. The minimum absolute atomic E-state index is 0.0556. The van der Waals surface area contributed by atoms with E-state index in [2.05, 4.69) is 0 Å². The zero-order valence-corrected chi connectivity index (χ0v) is 11.6. The molecule has 0 spiro atoms. The predicted molar refractivity (Wildman–Crippen MR) is 79.2 cm³/mol. The normalized spacial score (nSPS) is 13.2. The van der Waals surface area contributed by atoms with E-state index in [-0.39, 0.29) is 5.56 Å². The minimum atomic E-state index is 0.0556. The van der Waals surface area contributed by atoms with Gasteiger partial charge in [0.05, 0.1) is 19.3 Å². The van der Waals surface area contributed by atoms with Gasteiger partial charge >= 0.3 is 0 Å². The second-order valence-corrected chi connectivity index (χ2v) is 5.16. The number of aromatic nitrogens is 1. The maximum atomic E-state index is 12.1. The molecule has 4 nitrogen and oxygen atoms in total. The van der Waals surface area contributed by atoms with Crippen LogP contribution >= 0.6 is 0 Å². The number of hydrogen-bond acceptors (Lipinski definition) is 3. The third-order valence-electron chi connectivity index (χ3n) is 3.88. The molecule has 1 heterocycles. The number of fused-ring (bicyclic) bond motifs is 1. The number of methoxy groups -OCH3 is 1. The molecule has 2 aromatic rings. The zero-order chi connectivity index (χ0) is 14.1. The lowest BCUT2D eigenvalue weighted by atomic mass is 10.1. The number of nitrogens with zero attached hydrogens (tertiary/aromatic N) is 1. The van der Waals surface area contributed by atoms with Crippen molar-refractivity contribution in [3.05, 3.63) is 57.5 Å². The summed E-state index contributed by atoms with van der Waals surface area (Å²) in [7, 11) is 1.60. The van der Waals surface area contributed by atoms with Gasteiger partial charge in [-0.15, -0.1) is 0 Å². The maximum Gasteiger partial charge on any atom is 0.251 e. The summed E-state index contributed by atoms with van der Waals surface area (Å²) in [6.45, 7) is 0.566. The molecule has 2 N–H and O–H groups in total. The monoisotopic (exact) mass is 270 g/mol. The number of benzene rings is 1. The molecule has 0 fully saturated rings. The topological polar surface area (TPSA) is 57.2 Å². The fraction of sp³-hybridized carbons (Fsp3) is 0.312. The van der Waals surface area contributed by atoms with E-state index < -0.39 is 0 Å². The fourth-order valence-electron chi connectivity index (χ4n) is 2.87. The summed E-state index contributed by atoms with van der Waals surface area (Å²) in [5, 5.41) is 0. The largest absolute Gasteiger partial charge is 0.495 e. The van der Waals surface area contributed by atoms with Crippen LogP contribution in [0.25, 0.3) is 0 Å². The average molecular weight is 270 g/mol.